The lowest BCUT2D eigenvalue weighted by Gasteiger charge is -2.24. The zero-order valence-electron chi connectivity index (χ0n) is 14.2. The molecule has 0 aliphatic carbocycles. The molecule has 0 amide bonds. The molecule has 0 saturated carbocycles. The third kappa shape index (κ3) is 5.58. The van der Waals surface area contributed by atoms with Crippen molar-refractivity contribution < 1.29 is 0 Å². The lowest BCUT2D eigenvalue weighted by Crippen LogP contribution is -2.45. The quantitative estimate of drug-likeness (QED) is 0.315. The number of rotatable bonds is 4. The van der Waals surface area contributed by atoms with E-state index in [0.717, 1.165) is 25.6 Å². The average Bonchev–Trinajstić information content (AvgIpc) is 3.14. The molecule has 1 unspecified atom stereocenters. The minimum atomic E-state index is 0. The fourth-order valence-corrected chi connectivity index (χ4v) is 4.05. The SMILES string of the molecule is CN=C(NCc1cccc(N2CC=CC2)c1)NC1CCCSC1.I. The predicted octanol–water partition coefficient (Wildman–Crippen LogP) is 3.24. The number of halogens is 1. The second kappa shape index (κ2) is 10.2. The summed E-state index contributed by atoms with van der Waals surface area (Å²) in [5, 5.41) is 6.99. The van der Waals surface area contributed by atoms with Crippen LogP contribution in [0.15, 0.2) is 41.4 Å². The largest absolute Gasteiger partial charge is 0.364 e. The highest BCUT2D eigenvalue weighted by molar-refractivity contribution is 14.0. The van der Waals surface area contributed by atoms with Crippen molar-refractivity contribution in [3.05, 3.63) is 42.0 Å². The first-order valence-electron chi connectivity index (χ1n) is 8.39. The molecule has 1 aromatic carbocycles. The van der Waals surface area contributed by atoms with Crippen LogP contribution >= 0.6 is 35.7 Å². The molecule has 2 aliphatic rings. The van der Waals surface area contributed by atoms with Crippen LogP contribution in [0.25, 0.3) is 0 Å². The molecule has 0 aromatic heterocycles. The highest BCUT2D eigenvalue weighted by Gasteiger charge is 2.14. The van der Waals surface area contributed by atoms with Crippen molar-refractivity contribution in [1.82, 2.24) is 10.6 Å². The molecule has 24 heavy (non-hydrogen) atoms. The zero-order chi connectivity index (χ0) is 15.9. The van der Waals surface area contributed by atoms with Gasteiger partial charge in [-0.25, -0.2) is 0 Å². The van der Waals surface area contributed by atoms with Gasteiger partial charge in [0.05, 0.1) is 0 Å². The van der Waals surface area contributed by atoms with Gasteiger partial charge in [0.1, 0.15) is 0 Å². The molecule has 132 valence electrons. The van der Waals surface area contributed by atoms with Gasteiger partial charge in [-0.2, -0.15) is 11.8 Å². The minimum Gasteiger partial charge on any atom is -0.364 e. The first-order valence-corrected chi connectivity index (χ1v) is 9.54. The number of benzene rings is 1. The lowest BCUT2D eigenvalue weighted by molar-refractivity contribution is 0.582. The Morgan fingerprint density at radius 3 is 2.88 bits per heavy atom. The summed E-state index contributed by atoms with van der Waals surface area (Å²) < 4.78 is 0. The van der Waals surface area contributed by atoms with Crippen LogP contribution in [-0.2, 0) is 6.54 Å². The normalized spacial score (nSPS) is 20.6. The van der Waals surface area contributed by atoms with E-state index in [1.165, 1.54) is 35.6 Å². The topological polar surface area (TPSA) is 39.7 Å². The Kier molecular flexibility index (Phi) is 8.24. The standard InChI is InChI=1S/C18H26N4S.HI/c1-19-18(21-16-7-5-11-23-14-16)20-13-15-6-4-8-17(12-15)22-9-2-3-10-22;/h2-4,6,8,12,16H,5,7,9-11,13-14H2,1H3,(H2,19,20,21);1H. The summed E-state index contributed by atoms with van der Waals surface area (Å²) in [4.78, 5) is 6.73. The Balaban J connectivity index is 0.00000208. The molecule has 4 nitrogen and oxygen atoms in total. The summed E-state index contributed by atoms with van der Waals surface area (Å²) in [6.45, 7) is 2.83. The van der Waals surface area contributed by atoms with Gasteiger partial charge in [0.2, 0.25) is 0 Å². The molecular formula is C18H27IN4S. The van der Waals surface area contributed by atoms with E-state index in [4.69, 9.17) is 0 Å². The Hall–Kier alpha value is -0.890. The molecule has 1 fully saturated rings. The van der Waals surface area contributed by atoms with E-state index in [1.54, 1.807) is 0 Å². The van der Waals surface area contributed by atoms with E-state index in [1.807, 2.05) is 18.8 Å². The molecule has 0 bridgehead atoms. The number of hydrogen-bond donors (Lipinski definition) is 2. The van der Waals surface area contributed by atoms with Crippen molar-refractivity contribution in [3.63, 3.8) is 0 Å². The van der Waals surface area contributed by atoms with Crippen molar-refractivity contribution in [2.45, 2.75) is 25.4 Å². The molecule has 2 heterocycles. The summed E-state index contributed by atoms with van der Waals surface area (Å²) in [6.07, 6.45) is 6.98. The van der Waals surface area contributed by atoms with Crippen LogP contribution < -0.4 is 15.5 Å². The van der Waals surface area contributed by atoms with Crippen LogP contribution in [0.5, 0.6) is 0 Å². The van der Waals surface area contributed by atoms with Crippen LogP contribution in [0.3, 0.4) is 0 Å². The predicted molar refractivity (Wildman–Crippen MR) is 117 cm³/mol. The Morgan fingerprint density at radius 2 is 2.17 bits per heavy atom. The zero-order valence-corrected chi connectivity index (χ0v) is 17.3. The third-order valence-electron chi connectivity index (χ3n) is 4.28. The number of aliphatic imine (C=N–C) groups is 1. The Bertz CT molecular complexity index is 562. The number of thioether (sulfide) groups is 1. The van der Waals surface area contributed by atoms with E-state index in [9.17, 15) is 0 Å². The van der Waals surface area contributed by atoms with E-state index in [-0.39, 0.29) is 24.0 Å². The van der Waals surface area contributed by atoms with Gasteiger partial charge in [-0.3, -0.25) is 4.99 Å². The molecule has 0 radical (unpaired) electrons. The molecule has 0 spiro atoms. The number of hydrogen-bond acceptors (Lipinski definition) is 3. The highest BCUT2D eigenvalue weighted by atomic mass is 127. The second-order valence-corrected chi connectivity index (χ2v) is 7.18. The smallest absolute Gasteiger partial charge is 0.191 e. The van der Waals surface area contributed by atoms with Crippen molar-refractivity contribution >= 4 is 47.4 Å². The summed E-state index contributed by atoms with van der Waals surface area (Å²) >= 11 is 2.03. The van der Waals surface area contributed by atoms with Gasteiger partial charge in [0.25, 0.3) is 0 Å². The van der Waals surface area contributed by atoms with E-state index in [0.29, 0.717) is 6.04 Å². The van der Waals surface area contributed by atoms with Crippen molar-refractivity contribution in [1.29, 1.82) is 0 Å². The fourth-order valence-electron chi connectivity index (χ4n) is 2.98. The molecule has 2 N–H and O–H groups in total. The summed E-state index contributed by atoms with van der Waals surface area (Å²) in [6, 6.07) is 9.30. The van der Waals surface area contributed by atoms with Crippen molar-refractivity contribution in [2.24, 2.45) is 4.99 Å². The maximum Gasteiger partial charge on any atom is 0.191 e. The van der Waals surface area contributed by atoms with Gasteiger partial charge in [-0.15, -0.1) is 24.0 Å². The number of guanidine groups is 1. The monoisotopic (exact) mass is 458 g/mol. The molecule has 2 aliphatic heterocycles. The maximum atomic E-state index is 4.36. The third-order valence-corrected chi connectivity index (χ3v) is 5.49. The van der Waals surface area contributed by atoms with Crippen LogP contribution in [0, 0.1) is 0 Å². The second-order valence-electron chi connectivity index (χ2n) is 6.03. The summed E-state index contributed by atoms with van der Waals surface area (Å²) in [7, 11) is 1.84. The fraction of sp³-hybridized carbons (Fsp3) is 0.500. The minimum absolute atomic E-state index is 0. The molecule has 1 aromatic rings. The van der Waals surface area contributed by atoms with E-state index >= 15 is 0 Å². The lowest BCUT2D eigenvalue weighted by atomic mass is 10.2. The molecule has 3 rings (SSSR count). The number of anilines is 1. The number of nitrogens with one attached hydrogen (secondary N) is 2. The molecule has 6 heteroatoms. The van der Waals surface area contributed by atoms with Gasteiger partial charge in [0.15, 0.2) is 5.96 Å². The Morgan fingerprint density at radius 1 is 1.33 bits per heavy atom. The van der Waals surface area contributed by atoms with Crippen molar-refractivity contribution in [2.75, 3.05) is 36.5 Å². The van der Waals surface area contributed by atoms with Gasteiger partial charge < -0.3 is 15.5 Å². The Labute approximate surface area is 166 Å². The van der Waals surface area contributed by atoms with Gasteiger partial charge in [0, 0.05) is 44.2 Å². The number of nitrogens with zero attached hydrogens (tertiary/aromatic N) is 2. The van der Waals surface area contributed by atoms with Gasteiger partial charge in [-0.1, -0.05) is 24.3 Å². The van der Waals surface area contributed by atoms with Crippen LogP contribution in [0.4, 0.5) is 5.69 Å². The molecule has 1 atom stereocenters. The highest BCUT2D eigenvalue weighted by Crippen LogP contribution is 2.19. The van der Waals surface area contributed by atoms with Crippen molar-refractivity contribution in [3.8, 4) is 0 Å². The summed E-state index contributed by atoms with van der Waals surface area (Å²) in [5.41, 5.74) is 2.58. The molecular weight excluding hydrogens is 431 g/mol. The average molecular weight is 458 g/mol. The van der Waals surface area contributed by atoms with Crippen LogP contribution in [0.1, 0.15) is 18.4 Å². The van der Waals surface area contributed by atoms with E-state index < -0.39 is 0 Å². The van der Waals surface area contributed by atoms with Crippen LogP contribution in [0.2, 0.25) is 0 Å². The summed E-state index contributed by atoms with van der Waals surface area (Å²) in [5.74, 6) is 3.38. The molecule has 1 saturated heterocycles. The van der Waals surface area contributed by atoms with E-state index in [2.05, 4.69) is 56.9 Å². The van der Waals surface area contributed by atoms with Gasteiger partial charge >= 0.3 is 0 Å². The first kappa shape index (κ1) is 19.4. The van der Waals surface area contributed by atoms with Gasteiger partial charge in [-0.05, 0) is 36.3 Å². The van der Waals surface area contributed by atoms with Crippen LogP contribution in [-0.4, -0.2) is 43.6 Å². The first-order chi connectivity index (χ1) is 11.3. The maximum absolute atomic E-state index is 4.36.